The first-order valence-corrected chi connectivity index (χ1v) is 3.54. The largest absolute Gasteiger partial charge is 1.00 e. The molecular formula is C5H15NNa2O2P+. The summed E-state index contributed by atoms with van der Waals surface area (Å²) in [6.45, 7) is 1.43. The Labute approximate surface area is 117 Å². The summed E-state index contributed by atoms with van der Waals surface area (Å²) in [5, 5.41) is 0. The van der Waals surface area contributed by atoms with E-state index in [2.05, 4.69) is 25.7 Å². The minimum absolute atomic E-state index is 0. The summed E-state index contributed by atoms with van der Waals surface area (Å²) in [5.41, 5.74) is 0. The number of rotatable bonds is 4. The molecule has 6 heteroatoms. The Bertz CT molecular complexity index is 105. The fourth-order valence-electron chi connectivity index (χ4n) is 0.352. The van der Waals surface area contributed by atoms with Gasteiger partial charge < -0.3 is 7.34 Å². The first kappa shape index (κ1) is 18.7. The van der Waals surface area contributed by atoms with Crippen LogP contribution in [0.5, 0.6) is 0 Å². The molecule has 0 aliphatic carbocycles. The van der Waals surface area contributed by atoms with Crippen LogP contribution in [0.3, 0.4) is 0 Å². The second-order valence-corrected chi connectivity index (χ2v) is 3.33. The van der Waals surface area contributed by atoms with Crippen molar-refractivity contribution in [2.75, 3.05) is 34.3 Å². The molecule has 0 radical (unpaired) electrons. The number of nitrogens with zero attached hydrogens (tertiary/aromatic N) is 1. The number of quaternary nitrogens is 1. The van der Waals surface area contributed by atoms with Crippen molar-refractivity contribution in [2.45, 2.75) is 0 Å². The Morgan fingerprint density at radius 1 is 1.36 bits per heavy atom. The summed E-state index contributed by atoms with van der Waals surface area (Å²) < 4.78 is 15.2. The van der Waals surface area contributed by atoms with Crippen molar-refractivity contribution in [1.29, 1.82) is 0 Å². The molecule has 0 rings (SSSR count). The van der Waals surface area contributed by atoms with Crippen molar-refractivity contribution < 1.29 is 75.5 Å². The first-order valence-electron chi connectivity index (χ1n) is 2.81. The molecule has 58 valence electrons. The van der Waals surface area contributed by atoms with Gasteiger partial charge in [-0.15, -0.1) is 0 Å². The molecule has 0 aromatic rings. The van der Waals surface area contributed by atoms with Crippen LogP contribution in [-0.2, 0) is 9.09 Å². The topological polar surface area (TPSA) is 26.3 Å². The molecule has 0 saturated carbocycles. The second-order valence-electron chi connectivity index (χ2n) is 2.92. The van der Waals surface area contributed by atoms with Crippen molar-refractivity contribution in [1.82, 2.24) is 0 Å². The van der Waals surface area contributed by atoms with Crippen LogP contribution in [0, 0.1) is 0 Å². The number of likely N-dealkylation sites (N-methyl/N-ethyl adjacent to an activating group) is 1. The van der Waals surface area contributed by atoms with E-state index in [9.17, 15) is 4.57 Å². The van der Waals surface area contributed by atoms with Crippen LogP contribution in [-0.4, -0.2) is 38.8 Å². The van der Waals surface area contributed by atoms with E-state index in [0.29, 0.717) is 6.61 Å². The molecule has 0 aliphatic rings. The third-order valence-electron chi connectivity index (χ3n) is 0.906. The number of hydrogen-bond acceptors (Lipinski definition) is 2. The quantitative estimate of drug-likeness (QED) is 0.196. The zero-order valence-electron chi connectivity index (χ0n) is 10.1. The zero-order valence-corrected chi connectivity index (χ0v) is 13.0. The smallest absolute Gasteiger partial charge is 1.00 e. The molecule has 0 unspecified atom stereocenters. The predicted octanol–water partition coefficient (Wildman–Crippen LogP) is -4.85. The molecule has 0 heterocycles. The van der Waals surface area contributed by atoms with Gasteiger partial charge in [0.2, 0.25) is 0 Å². The zero-order chi connectivity index (χ0) is 7.33. The van der Waals surface area contributed by atoms with E-state index >= 15 is 0 Å². The number of hydrogen-bond donors (Lipinski definition) is 0. The van der Waals surface area contributed by atoms with Gasteiger partial charge in [0.25, 0.3) is 0 Å². The summed E-state index contributed by atoms with van der Waals surface area (Å²) in [4.78, 5) is 0. The molecule has 0 aromatic heterocycles. The van der Waals surface area contributed by atoms with E-state index in [0.717, 1.165) is 11.0 Å². The molecule has 0 amide bonds. The normalized spacial score (nSPS) is 10.1. The second kappa shape index (κ2) is 10.1. The molecule has 0 saturated heterocycles. The average molecular weight is 198 g/mol. The van der Waals surface area contributed by atoms with Crippen LogP contribution >= 0.6 is 8.69 Å². The molecule has 0 aliphatic heterocycles. The Morgan fingerprint density at radius 3 is 2.09 bits per heavy atom. The van der Waals surface area contributed by atoms with Gasteiger partial charge in [-0.05, 0) is 0 Å². The van der Waals surface area contributed by atoms with Crippen molar-refractivity contribution in [2.24, 2.45) is 0 Å². The predicted molar refractivity (Wildman–Crippen MR) is 38.7 cm³/mol. The summed E-state index contributed by atoms with van der Waals surface area (Å²) in [6, 6.07) is 0. The van der Waals surface area contributed by atoms with Crippen LogP contribution < -0.4 is 59.1 Å². The van der Waals surface area contributed by atoms with Crippen LogP contribution in [0.1, 0.15) is 2.85 Å². The SMILES string of the molecule is C[N+](C)(C)CCOP=O.[H-].[H-].[Na+].[Na+]. The minimum Gasteiger partial charge on any atom is -1.00 e. The summed E-state index contributed by atoms with van der Waals surface area (Å²) in [5.74, 6) is 0. The van der Waals surface area contributed by atoms with Crippen LogP contribution in [0.15, 0.2) is 0 Å². The van der Waals surface area contributed by atoms with Crippen LogP contribution in [0.25, 0.3) is 0 Å². The van der Waals surface area contributed by atoms with E-state index < -0.39 is 0 Å². The van der Waals surface area contributed by atoms with Crippen molar-refractivity contribution in [3.05, 3.63) is 0 Å². The summed E-state index contributed by atoms with van der Waals surface area (Å²) in [7, 11) is 5.96. The van der Waals surface area contributed by atoms with E-state index in [1.807, 2.05) is 0 Å². The van der Waals surface area contributed by atoms with Crippen LogP contribution in [0.2, 0.25) is 0 Å². The molecule has 3 nitrogen and oxygen atoms in total. The fraction of sp³-hybridized carbons (Fsp3) is 1.00. The molecule has 0 spiro atoms. The Balaban J connectivity index is -0.0000000533. The van der Waals surface area contributed by atoms with E-state index in [1.165, 1.54) is 0 Å². The van der Waals surface area contributed by atoms with Gasteiger partial charge in [0.05, 0.1) is 21.1 Å². The summed E-state index contributed by atoms with van der Waals surface area (Å²) in [6.07, 6.45) is 0. The van der Waals surface area contributed by atoms with Crippen molar-refractivity contribution in [3.8, 4) is 0 Å². The van der Waals surface area contributed by atoms with Gasteiger partial charge in [-0.3, -0.25) is 4.52 Å². The minimum atomic E-state index is -0.217. The molecule has 11 heavy (non-hydrogen) atoms. The van der Waals surface area contributed by atoms with Crippen molar-refractivity contribution in [3.63, 3.8) is 0 Å². The van der Waals surface area contributed by atoms with Gasteiger partial charge in [0.1, 0.15) is 13.2 Å². The van der Waals surface area contributed by atoms with Gasteiger partial charge in [-0.2, -0.15) is 0 Å². The molecule has 0 aromatic carbocycles. The van der Waals surface area contributed by atoms with E-state index in [-0.39, 0.29) is 70.7 Å². The summed E-state index contributed by atoms with van der Waals surface area (Å²) >= 11 is 0. The molecule has 0 bridgehead atoms. The van der Waals surface area contributed by atoms with E-state index in [1.54, 1.807) is 0 Å². The van der Waals surface area contributed by atoms with E-state index in [4.69, 9.17) is 0 Å². The third kappa shape index (κ3) is 18.8. The third-order valence-corrected chi connectivity index (χ3v) is 1.19. The maximum Gasteiger partial charge on any atom is 1.00 e. The maximum absolute atomic E-state index is 9.76. The van der Waals surface area contributed by atoms with Gasteiger partial charge in [-0.1, -0.05) is 0 Å². The fourth-order valence-corrected chi connectivity index (χ4v) is 0.508. The molecule has 0 N–H and O–H groups in total. The van der Waals surface area contributed by atoms with Gasteiger partial charge in [-0.25, -0.2) is 4.57 Å². The first-order chi connectivity index (χ1) is 4.06. The maximum atomic E-state index is 9.76. The Hall–Kier alpha value is 2.02. The Morgan fingerprint density at radius 2 is 1.82 bits per heavy atom. The van der Waals surface area contributed by atoms with Gasteiger partial charge in [0.15, 0.2) is 0 Å². The van der Waals surface area contributed by atoms with Crippen molar-refractivity contribution >= 4 is 8.69 Å². The average Bonchev–Trinajstić information content (AvgIpc) is 1.63. The molecule has 0 atom stereocenters. The standard InChI is InChI=1S/C5H13NO2P.2Na.2H/c1-6(2,3)4-5-8-9-7;;;;/h4-5H2,1-3H3;;;;/q3*+1;2*-1. The Kier molecular flexibility index (Phi) is 17.2. The van der Waals surface area contributed by atoms with Gasteiger partial charge >= 0.3 is 67.8 Å². The van der Waals surface area contributed by atoms with Crippen LogP contribution in [0.4, 0.5) is 0 Å². The monoisotopic (exact) mass is 198 g/mol. The van der Waals surface area contributed by atoms with Gasteiger partial charge in [0, 0.05) is 0 Å². The molecular weight excluding hydrogens is 183 g/mol. The molecule has 0 fully saturated rings.